The van der Waals surface area contributed by atoms with Crippen LogP contribution < -0.4 is 5.32 Å². The largest absolute Gasteiger partial charge is 0.396 e. The molecule has 0 radical (unpaired) electrons. The van der Waals surface area contributed by atoms with Gasteiger partial charge in [0.15, 0.2) is 0 Å². The first-order valence-corrected chi connectivity index (χ1v) is 6.79. The monoisotopic (exact) mass is 240 g/mol. The summed E-state index contributed by atoms with van der Waals surface area (Å²) < 4.78 is 0. The minimum Gasteiger partial charge on any atom is -0.396 e. The molecule has 1 aromatic rings. The molecule has 0 atom stereocenters. The van der Waals surface area contributed by atoms with Crippen molar-refractivity contribution < 1.29 is 5.11 Å². The number of rotatable bonds is 6. The van der Waals surface area contributed by atoms with E-state index in [4.69, 9.17) is 0 Å². The Bertz CT molecular complexity index is 345. The maximum absolute atomic E-state index is 9.18. The second-order valence-corrected chi connectivity index (χ2v) is 5.98. The molecule has 0 aromatic carbocycles. The van der Waals surface area contributed by atoms with Crippen LogP contribution in [-0.2, 0) is 6.54 Å². The van der Waals surface area contributed by atoms with Gasteiger partial charge >= 0.3 is 0 Å². The highest BCUT2D eigenvalue weighted by Crippen LogP contribution is 2.44. The number of hydrogen-bond acceptors (Lipinski definition) is 4. The Hall–Kier alpha value is -0.450. The van der Waals surface area contributed by atoms with Crippen molar-refractivity contribution in [1.82, 2.24) is 10.3 Å². The van der Waals surface area contributed by atoms with Crippen LogP contribution in [0, 0.1) is 5.41 Å². The van der Waals surface area contributed by atoms with Gasteiger partial charge in [-0.2, -0.15) is 0 Å². The Morgan fingerprint density at radius 3 is 2.81 bits per heavy atom. The summed E-state index contributed by atoms with van der Waals surface area (Å²) >= 11 is 1.74. The van der Waals surface area contributed by atoms with E-state index in [1.54, 1.807) is 11.3 Å². The number of thiazole rings is 1. The first-order valence-electron chi connectivity index (χ1n) is 5.91. The summed E-state index contributed by atoms with van der Waals surface area (Å²) in [5.74, 6) is 0.519. The fraction of sp³-hybridized carbons (Fsp3) is 0.750. The molecule has 1 saturated carbocycles. The van der Waals surface area contributed by atoms with E-state index in [1.165, 1.54) is 5.01 Å². The number of hydrogen-bond donors (Lipinski definition) is 2. The van der Waals surface area contributed by atoms with E-state index in [0.717, 1.165) is 31.6 Å². The molecule has 0 bridgehead atoms. The second kappa shape index (κ2) is 4.82. The number of aliphatic hydroxyl groups excluding tert-OH is 1. The number of aliphatic hydroxyl groups is 1. The predicted octanol–water partition coefficient (Wildman–Crippen LogP) is 2.13. The van der Waals surface area contributed by atoms with Gasteiger partial charge in [0.1, 0.15) is 0 Å². The molecule has 1 aliphatic carbocycles. The molecule has 1 heterocycles. The Kier molecular flexibility index (Phi) is 3.62. The minimum atomic E-state index is 0.191. The van der Waals surface area contributed by atoms with Gasteiger partial charge in [0.05, 0.1) is 10.7 Å². The molecule has 3 nitrogen and oxygen atoms in total. The predicted molar refractivity (Wildman–Crippen MR) is 66.7 cm³/mol. The van der Waals surface area contributed by atoms with Crippen LogP contribution in [0.4, 0.5) is 0 Å². The number of aromatic nitrogens is 1. The van der Waals surface area contributed by atoms with Gasteiger partial charge in [0, 0.05) is 36.4 Å². The Morgan fingerprint density at radius 2 is 2.31 bits per heavy atom. The first-order chi connectivity index (χ1) is 7.65. The van der Waals surface area contributed by atoms with Crippen molar-refractivity contribution in [3.8, 4) is 0 Å². The zero-order chi connectivity index (χ0) is 11.6. The van der Waals surface area contributed by atoms with Crippen LogP contribution >= 0.6 is 11.3 Å². The lowest BCUT2D eigenvalue weighted by Gasteiger charge is -2.11. The Labute approximate surface area is 101 Å². The molecule has 0 aliphatic heterocycles. The summed E-state index contributed by atoms with van der Waals surface area (Å²) in [5.41, 5.74) is 1.32. The van der Waals surface area contributed by atoms with Crippen LogP contribution in [0.15, 0.2) is 5.38 Å². The van der Waals surface area contributed by atoms with E-state index in [-0.39, 0.29) is 5.41 Å². The average Bonchev–Trinajstić information content (AvgIpc) is 2.88. The summed E-state index contributed by atoms with van der Waals surface area (Å²) in [6.45, 7) is 6.39. The average molecular weight is 240 g/mol. The molecule has 16 heavy (non-hydrogen) atoms. The molecular weight excluding hydrogens is 220 g/mol. The maximum Gasteiger partial charge on any atom is 0.0954 e. The lowest BCUT2D eigenvalue weighted by atomic mass is 10.1. The van der Waals surface area contributed by atoms with Crippen molar-refractivity contribution in [3.05, 3.63) is 16.1 Å². The van der Waals surface area contributed by atoms with Crippen molar-refractivity contribution in [1.29, 1.82) is 0 Å². The number of nitrogens with one attached hydrogen (secondary N) is 1. The van der Waals surface area contributed by atoms with Crippen molar-refractivity contribution in [3.63, 3.8) is 0 Å². The van der Waals surface area contributed by atoms with E-state index in [1.807, 2.05) is 0 Å². The molecule has 1 fully saturated rings. The first kappa shape index (κ1) is 12.0. The van der Waals surface area contributed by atoms with E-state index in [9.17, 15) is 5.11 Å². The van der Waals surface area contributed by atoms with Gasteiger partial charge in [-0.15, -0.1) is 11.3 Å². The Balaban J connectivity index is 1.77. The van der Waals surface area contributed by atoms with Crippen molar-refractivity contribution in [2.45, 2.75) is 39.2 Å². The van der Waals surface area contributed by atoms with E-state index in [0.29, 0.717) is 12.5 Å². The van der Waals surface area contributed by atoms with E-state index < -0.39 is 0 Å². The molecule has 1 aromatic heterocycles. The molecule has 0 saturated heterocycles. The highest BCUT2D eigenvalue weighted by molar-refractivity contribution is 7.09. The zero-order valence-electron chi connectivity index (χ0n) is 9.99. The molecule has 2 N–H and O–H groups in total. The number of nitrogens with zero attached hydrogens (tertiary/aromatic N) is 1. The van der Waals surface area contributed by atoms with Gasteiger partial charge < -0.3 is 10.4 Å². The summed E-state index contributed by atoms with van der Waals surface area (Å²) in [6.07, 6.45) is 2.32. The van der Waals surface area contributed by atoms with Crippen molar-refractivity contribution >= 4 is 11.3 Å². The van der Waals surface area contributed by atoms with E-state index in [2.05, 4.69) is 29.5 Å². The van der Waals surface area contributed by atoms with Crippen LogP contribution in [0.3, 0.4) is 0 Å². The van der Waals surface area contributed by atoms with Crippen LogP contribution in [0.25, 0.3) is 0 Å². The summed E-state index contributed by atoms with van der Waals surface area (Å²) in [5, 5.41) is 15.9. The molecule has 0 amide bonds. The lowest BCUT2D eigenvalue weighted by Crippen LogP contribution is -2.26. The standard InChI is InChI=1S/C12H20N2OS/c1-9(2)11-14-10(6-16-11)5-13-7-12(8-15)3-4-12/h6,9,13,15H,3-5,7-8H2,1-2H3. The lowest BCUT2D eigenvalue weighted by molar-refractivity contribution is 0.207. The van der Waals surface area contributed by atoms with E-state index >= 15 is 0 Å². The van der Waals surface area contributed by atoms with Gasteiger partial charge in [-0.25, -0.2) is 4.98 Å². The third kappa shape index (κ3) is 2.81. The van der Waals surface area contributed by atoms with Crippen LogP contribution in [-0.4, -0.2) is 23.2 Å². The summed E-state index contributed by atoms with van der Waals surface area (Å²) in [7, 11) is 0. The molecule has 2 rings (SSSR count). The van der Waals surface area contributed by atoms with Crippen LogP contribution in [0.2, 0.25) is 0 Å². The zero-order valence-corrected chi connectivity index (χ0v) is 10.8. The smallest absolute Gasteiger partial charge is 0.0954 e. The Morgan fingerprint density at radius 1 is 1.56 bits per heavy atom. The molecule has 4 heteroatoms. The molecule has 1 aliphatic rings. The third-order valence-corrected chi connectivity index (χ3v) is 4.36. The van der Waals surface area contributed by atoms with Crippen molar-refractivity contribution in [2.75, 3.05) is 13.2 Å². The van der Waals surface area contributed by atoms with Gasteiger partial charge in [0.25, 0.3) is 0 Å². The van der Waals surface area contributed by atoms with Gasteiger partial charge in [-0.3, -0.25) is 0 Å². The molecular formula is C12H20N2OS. The minimum absolute atomic E-state index is 0.191. The topological polar surface area (TPSA) is 45.2 Å². The molecule has 0 unspecified atom stereocenters. The summed E-state index contributed by atoms with van der Waals surface area (Å²) in [6, 6.07) is 0. The second-order valence-electron chi connectivity index (χ2n) is 5.09. The van der Waals surface area contributed by atoms with Crippen LogP contribution in [0.1, 0.15) is 43.3 Å². The molecule has 90 valence electrons. The highest BCUT2D eigenvalue weighted by atomic mass is 32.1. The van der Waals surface area contributed by atoms with Crippen molar-refractivity contribution in [2.24, 2.45) is 5.41 Å². The van der Waals surface area contributed by atoms with Gasteiger partial charge in [0.2, 0.25) is 0 Å². The fourth-order valence-corrected chi connectivity index (χ4v) is 2.53. The summed E-state index contributed by atoms with van der Waals surface area (Å²) in [4.78, 5) is 4.57. The molecule has 0 spiro atoms. The normalized spacial score (nSPS) is 18.0. The SMILES string of the molecule is CC(C)c1nc(CNCC2(CO)CC2)cs1. The third-order valence-electron chi connectivity index (χ3n) is 3.16. The van der Waals surface area contributed by atoms with Gasteiger partial charge in [-0.05, 0) is 12.8 Å². The highest BCUT2D eigenvalue weighted by Gasteiger charge is 2.41. The quantitative estimate of drug-likeness (QED) is 0.800. The fourth-order valence-electron chi connectivity index (χ4n) is 1.69. The maximum atomic E-state index is 9.18. The van der Waals surface area contributed by atoms with Gasteiger partial charge in [-0.1, -0.05) is 13.8 Å². The van der Waals surface area contributed by atoms with Crippen LogP contribution in [0.5, 0.6) is 0 Å².